The summed E-state index contributed by atoms with van der Waals surface area (Å²) in [7, 11) is 0. The summed E-state index contributed by atoms with van der Waals surface area (Å²) in [5, 5.41) is 2.91. The summed E-state index contributed by atoms with van der Waals surface area (Å²) in [6, 6.07) is 0. The van der Waals surface area contributed by atoms with Crippen LogP contribution >= 0.6 is 0 Å². The van der Waals surface area contributed by atoms with Gasteiger partial charge in [0.15, 0.2) is 6.10 Å². The Kier molecular flexibility index (Phi) is 3.11. The number of alkyl halides is 3. The maximum atomic E-state index is 12.2. The lowest BCUT2D eigenvalue weighted by Gasteiger charge is -2.41. The number of hydrogen-bond donors (Lipinski definition) is 1. The number of hydrogen-bond acceptors (Lipinski definition) is 2. The van der Waals surface area contributed by atoms with E-state index < -0.39 is 12.3 Å². The molecule has 2 unspecified atom stereocenters. The second-order valence-corrected chi connectivity index (χ2v) is 4.29. The van der Waals surface area contributed by atoms with Gasteiger partial charge in [0.25, 0.3) is 0 Å². The number of rotatable bonds is 1. The van der Waals surface area contributed by atoms with E-state index in [9.17, 15) is 13.2 Å². The van der Waals surface area contributed by atoms with E-state index in [1.807, 2.05) is 20.8 Å². The Balaban J connectivity index is 2.54. The van der Waals surface area contributed by atoms with Crippen molar-refractivity contribution in [2.75, 3.05) is 13.2 Å². The van der Waals surface area contributed by atoms with Gasteiger partial charge in [-0.05, 0) is 12.8 Å². The number of ether oxygens (including phenoxy) is 1. The first kappa shape index (κ1) is 11.8. The van der Waals surface area contributed by atoms with E-state index in [1.54, 1.807) is 0 Å². The van der Waals surface area contributed by atoms with Crippen LogP contribution in [-0.4, -0.2) is 31.0 Å². The molecule has 0 saturated carbocycles. The normalized spacial score (nSPS) is 34.9. The molecular weight excluding hydrogens is 195 g/mol. The van der Waals surface area contributed by atoms with Crippen LogP contribution in [0.2, 0.25) is 0 Å². The molecule has 0 amide bonds. The highest BCUT2D eigenvalue weighted by molar-refractivity contribution is 4.92. The largest absolute Gasteiger partial charge is 0.415 e. The van der Waals surface area contributed by atoms with Crippen LogP contribution in [0.5, 0.6) is 0 Å². The van der Waals surface area contributed by atoms with Gasteiger partial charge in [-0.3, -0.25) is 0 Å². The predicted molar refractivity (Wildman–Crippen MR) is 47.0 cm³/mol. The summed E-state index contributed by atoms with van der Waals surface area (Å²) in [6.45, 7) is 5.76. The minimum Gasteiger partial charge on any atom is -0.366 e. The topological polar surface area (TPSA) is 21.3 Å². The zero-order valence-corrected chi connectivity index (χ0v) is 8.61. The lowest BCUT2D eigenvalue weighted by atomic mass is 9.88. The zero-order chi connectivity index (χ0) is 11.0. The van der Waals surface area contributed by atoms with Gasteiger partial charge in [-0.1, -0.05) is 13.8 Å². The number of nitrogens with one attached hydrogen (secondary N) is 1. The second kappa shape index (κ2) is 3.70. The van der Waals surface area contributed by atoms with Gasteiger partial charge in [0.05, 0.1) is 6.61 Å². The van der Waals surface area contributed by atoms with Crippen LogP contribution in [0.3, 0.4) is 0 Å². The van der Waals surface area contributed by atoms with E-state index in [0.29, 0.717) is 0 Å². The predicted octanol–water partition coefficient (Wildman–Crippen LogP) is 1.95. The van der Waals surface area contributed by atoms with Gasteiger partial charge in [-0.25, -0.2) is 0 Å². The SMILES string of the molecule is CC(C)C1(C)COC(C(F)(F)F)CN1. The maximum Gasteiger partial charge on any atom is 0.415 e. The van der Waals surface area contributed by atoms with E-state index in [2.05, 4.69) is 5.32 Å². The molecule has 14 heavy (non-hydrogen) atoms. The van der Waals surface area contributed by atoms with Crippen molar-refractivity contribution in [1.29, 1.82) is 0 Å². The van der Waals surface area contributed by atoms with Crippen LogP contribution in [0.4, 0.5) is 13.2 Å². The monoisotopic (exact) mass is 211 g/mol. The quantitative estimate of drug-likeness (QED) is 0.715. The highest BCUT2D eigenvalue weighted by Crippen LogP contribution is 2.28. The molecule has 2 nitrogen and oxygen atoms in total. The molecule has 0 aliphatic carbocycles. The minimum atomic E-state index is -4.26. The Morgan fingerprint density at radius 1 is 1.43 bits per heavy atom. The van der Waals surface area contributed by atoms with Gasteiger partial charge in [-0.2, -0.15) is 13.2 Å². The van der Waals surface area contributed by atoms with Crippen molar-refractivity contribution in [2.24, 2.45) is 5.92 Å². The summed E-state index contributed by atoms with van der Waals surface area (Å²) in [5.41, 5.74) is -0.345. The third-order valence-corrected chi connectivity index (χ3v) is 2.92. The van der Waals surface area contributed by atoms with E-state index in [1.165, 1.54) is 0 Å². The molecule has 5 heteroatoms. The number of morpholine rings is 1. The van der Waals surface area contributed by atoms with Crippen LogP contribution in [-0.2, 0) is 4.74 Å². The van der Waals surface area contributed by atoms with Crippen molar-refractivity contribution in [3.05, 3.63) is 0 Å². The van der Waals surface area contributed by atoms with Gasteiger partial charge in [-0.15, -0.1) is 0 Å². The fraction of sp³-hybridized carbons (Fsp3) is 1.00. The van der Waals surface area contributed by atoms with E-state index >= 15 is 0 Å². The fourth-order valence-electron chi connectivity index (χ4n) is 1.29. The van der Waals surface area contributed by atoms with E-state index in [4.69, 9.17) is 4.74 Å². The summed E-state index contributed by atoms with van der Waals surface area (Å²) in [6.07, 6.45) is -5.92. The second-order valence-electron chi connectivity index (χ2n) is 4.29. The van der Waals surface area contributed by atoms with Gasteiger partial charge in [0.2, 0.25) is 0 Å². The first-order chi connectivity index (χ1) is 6.26. The third-order valence-electron chi connectivity index (χ3n) is 2.92. The van der Waals surface area contributed by atoms with Crippen molar-refractivity contribution in [3.8, 4) is 0 Å². The molecule has 0 radical (unpaired) electrons. The van der Waals surface area contributed by atoms with Crippen LogP contribution in [0.15, 0.2) is 0 Å². The van der Waals surface area contributed by atoms with E-state index in [0.717, 1.165) is 0 Å². The summed E-state index contributed by atoms with van der Waals surface area (Å²) >= 11 is 0. The molecule has 0 bridgehead atoms. The molecule has 1 aliphatic rings. The van der Waals surface area contributed by atoms with Gasteiger partial charge in [0.1, 0.15) is 0 Å². The Bertz CT molecular complexity index is 195. The molecular formula is C9H16F3NO. The molecule has 0 aromatic heterocycles. The molecule has 1 heterocycles. The van der Waals surface area contributed by atoms with Crippen LogP contribution in [0, 0.1) is 5.92 Å². The van der Waals surface area contributed by atoms with Crippen molar-refractivity contribution in [3.63, 3.8) is 0 Å². The summed E-state index contributed by atoms with van der Waals surface area (Å²) < 4.78 is 41.5. The molecule has 2 atom stereocenters. The van der Waals surface area contributed by atoms with Crippen molar-refractivity contribution in [2.45, 2.75) is 38.6 Å². The third kappa shape index (κ3) is 2.39. The molecule has 1 rings (SSSR count). The highest BCUT2D eigenvalue weighted by atomic mass is 19.4. The van der Waals surface area contributed by atoms with Gasteiger partial charge in [0, 0.05) is 12.1 Å². The Morgan fingerprint density at radius 2 is 2.00 bits per heavy atom. The highest BCUT2D eigenvalue weighted by Gasteiger charge is 2.46. The smallest absolute Gasteiger partial charge is 0.366 e. The van der Waals surface area contributed by atoms with Crippen LogP contribution < -0.4 is 5.32 Å². The molecule has 0 aromatic rings. The first-order valence-corrected chi connectivity index (χ1v) is 4.69. The molecule has 1 saturated heterocycles. The maximum absolute atomic E-state index is 12.2. The van der Waals surface area contributed by atoms with Crippen molar-refractivity contribution < 1.29 is 17.9 Å². The lowest BCUT2D eigenvalue weighted by molar-refractivity contribution is -0.236. The first-order valence-electron chi connectivity index (χ1n) is 4.69. The molecule has 0 spiro atoms. The van der Waals surface area contributed by atoms with E-state index in [-0.39, 0.29) is 24.6 Å². The van der Waals surface area contributed by atoms with Crippen molar-refractivity contribution >= 4 is 0 Å². The minimum absolute atomic E-state index is 0.106. The molecule has 1 aliphatic heterocycles. The summed E-state index contributed by atoms with van der Waals surface area (Å²) in [5.74, 6) is 0.247. The molecule has 1 N–H and O–H groups in total. The van der Waals surface area contributed by atoms with Gasteiger partial charge < -0.3 is 10.1 Å². The van der Waals surface area contributed by atoms with Crippen molar-refractivity contribution in [1.82, 2.24) is 5.32 Å². The lowest BCUT2D eigenvalue weighted by Crippen LogP contribution is -2.60. The average Bonchev–Trinajstić information content (AvgIpc) is 2.03. The Labute approximate surface area is 81.8 Å². The average molecular weight is 211 g/mol. The summed E-state index contributed by atoms with van der Waals surface area (Å²) in [4.78, 5) is 0. The Hall–Kier alpha value is -0.290. The number of halogens is 3. The Morgan fingerprint density at radius 3 is 2.29 bits per heavy atom. The van der Waals surface area contributed by atoms with Crippen LogP contribution in [0.25, 0.3) is 0 Å². The van der Waals surface area contributed by atoms with Gasteiger partial charge >= 0.3 is 6.18 Å². The van der Waals surface area contributed by atoms with Crippen LogP contribution in [0.1, 0.15) is 20.8 Å². The standard InChI is InChI=1S/C9H16F3NO/c1-6(2)8(3)5-14-7(4-13-8)9(10,11)12/h6-7,13H,4-5H2,1-3H3. The zero-order valence-electron chi connectivity index (χ0n) is 8.61. The molecule has 0 aromatic carbocycles. The fourth-order valence-corrected chi connectivity index (χ4v) is 1.29. The molecule has 84 valence electrons. The molecule has 1 fully saturated rings.